The number of likely N-dealkylation sites (N-methyl/N-ethyl adjacent to an activating group) is 1. The lowest BCUT2D eigenvalue weighted by Crippen LogP contribution is -2.65. The monoisotopic (exact) mass is 281 g/mol. The number of carbonyl (C=O) groups excluding carboxylic acids is 2. The molecule has 3 amide bonds. The summed E-state index contributed by atoms with van der Waals surface area (Å²) in [6, 6.07) is -0.777. The average Bonchev–Trinajstić information content (AvgIpc) is 2.72. The third kappa shape index (κ3) is 2.57. The molecule has 0 bridgehead atoms. The Morgan fingerprint density at radius 3 is 2.65 bits per heavy atom. The van der Waals surface area contributed by atoms with Gasteiger partial charge in [0.25, 0.3) is 5.91 Å². The SMILES string of the molecule is CCCN=C1NC2C(C(=O)NC(=O)N2C)N1CC(C)C. The summed E-state index contributed by atoms with van der Waals surface area (Å²) in [4.78, 5) is 31.8. The summed E-state index contributed by atoms with van der Waals surface area (Å²) in [7, 11) is 1.68. The fraction of sp³-hybridized carbons (Fsp3) is 0.769. The predicted molar refractivity (Wildman–Crippen MR) is 76.2 cm³/mol. The van der Waals surface area contributed by atoms with Crippen LogP contribution in [-0.2, 0) is 4.79 Å². The number of hydrogen-bond acceptors (Lipinski definition) is 3. The summed E-state index contributed by atoms with van der Waals surface area (Å²) in [5.41, 5.74) is 0. The summed E-state index contributed by atoms with van der Waals surface area (Å²) < 4.78 is 0. The Bertz CT molecular complexity index is 434. The number of fused-ring (bicyclic) bond motifs is 1. The molecule has 0 aromatic carbocycles. The number of imide groups is 1. The molecular formula is C13H23N5O2. The quantitative estimate of drug-likeness (QED) is 0.771. The molecule has 7 nitrogen and oxygen atoms in total. The molecule has 20 heavy (non-hydrogen) atoms. The Balaban J connectivity index is 2.29. The number of rotatable bonds is 4. The molecule has 2 atom stereocenters. The molecule has 0 aliphatic carbocycles. The largest absolute Gasteiger partial charge is 0.334 e. The molecule has 0 aromatic heterocycles. The van der Waals surface area contributed by atoms with Crippen molar-refractivity contribution < 1.29 is 9.59 Å². The predicted octanol–water partition coefficient (Wildman–Crippen LogP) is 0.190. The van der Waals surface area contributed by atoms with Crippen LogP contribution in [0.5, 0.6) is 0 Å². The van der Waals surface area contributed by atoms with Crippen molar-refractivity contribution in [1.29, 1.82) is 0 Å². The maximum Gasteiger partial charge on any atom is 0.325 e. The van der Waals surface area contributed by atoms with E-state index in [1.807, 2.05) is 4.90 Å². The normalized spacial score (nSPS) is 27.9. The van der Waals surface area contributed by atoms with Crippen LogP contribution in [0.4, 0.5) is 4.79 Å². The van der Waals surface area contributed by atoms with E-state index >= 15 is 0 Å². The summed E-state index contributed by atoms with van der Waals surface area (Å²) in [5.74, 6) is 0.860. The van der Waals surface area contributed by atoms with Gasteiger partial charge in [-0.1, -0.05) is 20.8 Å². The van der Waals surface area contributed by atoms with Crippen molar-refractivity contribution in [2.75, 3.05) is 20.1 Å². The van der Waals surface area contributed by atoms with Crippen LogP contribution in [0.15, 0.2) is 4.99 Å². The van der Waals surface area contributed by atoms with Gasteiger partial charge >= 0.3 is 6.03 Å². The van der Waals surface area contributed by atoms with Crippen LogP contribution in [0.2, 0.25) is 0 Å². The van der Waals surface area contributed by atoms with Crippen LogP contribution in [0, 0.1) is 5.92 Å². The number of nitrogens with one attached hydrogen (secondary N) is 2. The number of urea groups is 1. The highest BCUT2D eigenvalue weighted by atomic mass is 16.2. The molecule has 2 unspecified atom stereocenters. The zero-order valence-electron chi connectivity index (χ0n) is 12.5. The molecule has 2 aliphatic heterocycles. The molecule has 2 heterocycles. The van der Waals surface area contributed by atoms with E-state index in [4.69, 9.17) is 0 Å². The van der Waals surface area contributed by atoms with Gasteiger partial charge in [0.15, 0.2) is 12.0 Å². The van der Waals surface area contributed by atoms with E-state index in [0.29, 0.717) is 18.4 Å². The van der Waals surface area contributed by atoms with Crippen LogP contribution in [-0.4, -0.2) is 60.0 Å². The van der Waals surface area contributed by atoms with Crippen LogP contribution in [0.1, 0.15) is 27.2 Å². The van der Waals surface area contributed by atoms with Crippen molar-refractivity contribution in [1.82, 2.24) is 20.4 Å². The minimum absolute atomic E-state index is 0.257. The van der Waals surface area contributed by atoms with Crippen molar-refractivity contribution in [3.63, 3.8) is 0 Å². The highest BCUT2D eigenvalue weighted by Gasteiger charge is 2.49. The van der Waals surface area contributed by atoms with E-state index in [0.717, 1.165) is 13.0 Å². The summed E-state index contributed by atoms with van der Waals surface area (Å²) >= 11 is 0. The molecular weight excluding hydrogens is 258 g/mol. The number of hydrogen-bond donors (Lipinski definition) is 2. The van der Waals surface area contributed by atoms with Gasteiger partial charge < -0.3 is 15.1 Å². The van der Waals surface area contributed by atoms with E-state index in [1.165, 1.54) is 4.90 Å². The Labute approximate surface area is 119 Å². The number of amides is 3. The van der Waals surface area contributed by atoms with Gasteiger partial charge in [-0.2, -0.15) is 0 Å². The molecule has 0 radical (unpaired) electrons. The van der Waals surface area contributed by atoms with Crippen LogP contribution in [0.3, 0.4) is 0 Å². The van der Waals surface area contributed by atoms with E-state index in [2.05, 4.69) is 36.4 Å². The van der Waals surface area contributed by atoms with Crippen molar-refractivity contribution in [3.8, 4) is 0 Å². The summed E-state index contributed by atoms with van der Waals surface area (Å²) in [5, 5.41) is 5.61. The summed E-state index contributed by atoms with van der Waals surface area (Å²) in [6.45, 7) is 7.68. The van der Waals surface area contributed by atoms with Crippen molar-refractivity contribution in [3.05, 3.63) is 0 Å². The first-order chi connectivity index (χ1) is 9.45. The molecule has 2 N–H and O–H groups in total. The Morgan fingerprint density at radius 1 is 1.35 bits per heavy atom. The zero-order valence-corrected chi connectivity index (χ0v) is 12.5. The first-order valence-corrected chi connectivity index (χ1v) is 7.11. The fourth-order valence-electron chi connectivity index (χ4n) is 2.53. The molecule has 2 rings (SSSR count). The van der Waals surface area contributed by atoms with Crippen LogP contribution in [0.25, 0.3) is 0 Å². The lowest BCUT2D eigenvalue weighted by atomic mass is 10.1. The molecule has 0 aromatic rings. The second-order valence-electron chi connectivity index (χ2n) is 5.69. The van der Waals surface area contributed by atoms with Gasteiger partial charge in [-0.25, -0.2) is 4.79 Å². The van der Waals surface area contributed by atoms with Crippen molar-refractivity contribution in [2.45, 2.75) is 39.4 Å². The van der Waals surface area contributed by atoms with Gasteiger partial charge in [-0.15, -0.1) is 0 Å². The van der Waals surface area contributed by atoms with Gasteiger partial charge in [0.05, 0.1) is 0 Å². The highest BCUT2D eigenvalue weighted by Crippen LogP contribution is 2.21. The maximum atomic E-state index is 12.1. The number of guanidine groups is 1. The molecule has 112 valence electrons. The minimum Gasteiger partial charge on any atom is -0.334 e. The second kappa shape index (κ2) is 5.68. The average molecular weight is 281 g/mol. The Morgan fingerprint density at radius 2 is 2.05 bits per heavy atom. The fourth-order valence-corrected chi connectivity index (χ4v) is 2.53. The van der Waals surface area contributed by atoms with Gasteiger partial charge in [0.2, 0.25) is 0 Å². The number of nitrogens with zero attached hydrogens (tertiary/aromatic N) is 3. The Kier molecular flexibility index (Phi) is 4.15. The second-order valence-corrected chi connectivity index (χ2v) is 5.69. The first kappa shape index (κ1) is 14.6. The minimum atomic E-state index is -0.407. The van der Waals surface area contributed by atoms with E-state index in [-0.39, 0.29) is 18.1 Å². The molecule has 7 heteroatoms. The molecule has 2 saturated heterocycles. The zero-order chi connectivity index (χ0) is 14.9. The van der Waals surface area contributed by atoms with E-state index < -0.39 is 6.04 Å². The van der Waals surface area contributed by atoms with Crippen molar-refractivity contribution >= 4 is 17.9 Å². The van der Waals surface area contributed by atoms with E-state index in [9.17, 15) is 9.59 Å². The third-order valence-electron chi connectivity index (χ3n) is 3.47. The molecule has 2 fully saturated rings. The van der Waals surface area contributed by atoms with Gasteiger partial charge in [0.1, 0.15) is 6.17 Å². The van der Waals surface area contributed by atoms with Crippen LogP contribution < -0.4 is 10.6 Å². The molecule has 2 aliphatic rings. The lowest BCUT2D eigenvalue weighted by molar-refractivity contribution is -0.127. The molecule has 0 saturated carbocycles. The highest BCUT2D eigenvalue weighted by molar-refractivity contribution is 6.04. The van der Waals surface area contributed by atoms with Gasteiger partial charge in [-0.3, -0.25) is 15.1 Å². The lowest BCUT2D eigenvalue weighted by Gasteiger charge is -2.35. The van der Waals surface area contributed by atoms with Crippen molar-refractivity contribution in [2.24, 2.45) is 10.9 Å². The van der Waals surface area contributed by atoms with Crippen LogP contribution >= 0.6 is 0 Å². The third-order valence-corrected chi connectivity index (χ3v) is 3.47. The number of carbonyl (C=O) groups is 2. The van der Waals surface area contributed by atoms with E-state index in [1.54, 1.807) is 7.05 Å². The Hall–Kier alpha value is -1.79. The smallest absolute Gasteiger partial charge is 0.325 e. The van der Waals surface area contributed by atoms with Gasteiger partial charge in [0, 0.05) is 20.1 Å². The van der Waals surface area contributed by atoms with Gasteiger partial charge in [-0.05, 0) is 12.3 Å². The first-order valence-electron chi connectivity index (χ1n) is 7.11. The standard InChI is InChI=1S/C13H23N5O2/c1-5-6-14-12-15-10-9(18(12)7-8(2)3)11(19)16-13(20)17(10)4/h8-10H,5-7H2,1-4H3,(H,14,15)(H,16,19,20). The summed E-state index contributed by atoms with van der Waals surface area (Å²) in [6.07, 6.45) is 0.599. The molecule has 0 spiro atoms. The maximum absolute atomic E-state index is 12.1. The topological polar surface area (TPSA) is 77.0 Å². The number of aliphatic imine (C=N–C) groups is 1.